The summed E-state index contributed by atoms with van der Waals surface area (Å²) in [7, 11) is 0. The number of imidazole rings is 1. The minimum Gasteiger partial charge on any atom is -0.258 e. The van der Waals surface area contributed by atoms with Crippen LogP contribution in [0.25, 0.3) is 11.4 Å². The van der Waals surface area contributed by atoms with Crippen LogP contribution in [0.5, 0.6) is 0 Å². The number of benzene rings is 2. The Labute approximate surface area is 115 Å². The van der Waals surface area contributed by atoms with Crippen molar-refractivity contribution in [3.05, 3.63) is 83.4 Å². The molecule has 0 saturated heterocycles. The van der Waals surface area contributed by atoms with E-state index in [4.69, 9.17) is 0 Å². The highest BCUT2D eigenvalue weighted by molar-refractivity contribution is 5.42. The summed E-state index contributed by atoms with van der Waals surface area (Å²) in [6, 6.07) is 16.4. The van der Waals surface area contributed by atoms with Gasteiger partial charge < -0.3 is 0 Å². The molecule has 1 heterocycles. The highest BCUT2D eigenvalue weighted by Crippen LogP contribution is 2.16. The Hall–Kier alpha value is -2.95. The number of hydrogen-bond acceptors (Lipinski definition) is 2. The molecule has 0 aliphatic rings. The third-order valence-corrected chi connectivity index (χ3v) is 3.03. The summed E-state index contributed by atoms with van der Waals surface area (Å²) in [6.45, 7) is 0. The van der Waals surface area contributed by atoms with E-state index in [1.54, 1.807) is 12.1 Å². The lowest BCUT2D eigenvalue weighted by atomic mass is 10.3. The molecule has 0 fully saturated rings. The van der Waals surface area contributed by atoms with Gasteiger partial charge in [-0.25, -0.2) is 9.13 Å². The van der Waals surface area contributed by atoms with Gasteiger partial charge in [-0.2, -0.15) is 0 Å². The molecule has 0 unspecified atom stereocenters. The zero-order valence-corrected chi connectivity index (χ0v) is 10.6. The van der Waals surface area contributed by atoms with Crippen LogP contribution in [0.4, 0.5) is 5.69 Å². The smallest absolute Gasteiger partial charge is 0.258 e. The topological polar surface area (TPSA) is 52.0 Å². The Kier molecular flexibility index (Phi) is 3.01. The normalized spacial score (nSPS) is 10.4. The molecule has 0 bridgehead atoms. The van der Waals surface area contributed by atoms with Crippen molar-refractivity contribution in [3.63, 3.8) is 0 Å². The fourth-order valence-corrected chi connectivity index (χ4v) is 2.03. The van der Waals surface area contributed by atoms with Crippen LogP contribution in [0.1, 0.15) is 0 Å². The fourth-order valence-electron chi connectivity index (χ4n) is 2.03. The van der Waals surface area contributed by atoms with Crippen LogP contribution >= 0.6 is 0 Å². The van der Waals surface area contributed by atoms with Gasteiger partial charge in [0.05, 0.1) is 11.0 Å². The van der Waals surface area contributed by atoms with E-state index in [1.807, 2.05) is 64.3 Å². The molecule has 5 nitrogen and oxygen atoms in total. The van der Waals surface area contributed by atoms with Crippen molar-refractivity contribution in [2.75, 3.05) is 0 Å². The van der Waals surface area contributed by atoms with Gasteiger partial charge in [0.2, 0.25) is 0 Å². The number of para-hydroxylation sites is 1. The van der Waals surface area contributed by atoms with Gasteiger partial charge >= 0.3 is 0 Å². The molecule has 0 radical (unpaired) electrons. The first-order chi connectivity index (χ1) is 9.74. The quantitative estimate of drug-likeness (QED) is 0.416. The van der Waals surface area contributed by atoms with E-state index in [1.165, 1.54) is 6.07 Å². The first kappa shape index (κ1) is 12.1. The van der Waals surface area contributed by atoms with Crippen LogP contribution in [0.3, 0.4) is 0 Å². The molecule has 2 aromatic carbocycles. The monoisotopic (exact) mass is 266 g/mol. The Balaban J connectivity index is 1.98. The predicted molar refractivity (Wildman–Crippen MR) is 74.0 cm³/mol. The van der Waals surface area contributed by atoms with E-state index in [-0.39, 0.29) is 5.69 Å². The van der Waals surface area contributed by atoms with E-state index >= 15 is 0 Å². The van der Waals surface area contributed by atoms with Crippen LogP contribution in [-0.4, -0.2) is 9.49 Å². The Bertz CT molecular complexity index is 751. The zero-order chi connectivity index (χ0) is 13.9. The molecule has 20 heavy (non-hydrogen) atoms. The van der Waals surface area contributed by atoms with Crippen molar-refractivity contribution in [3.8, 4) is 11.4 Å². The lowest BCUT2D eigenvalue weighted by Gasteiger charge is -1.96. The average Bonchev–Trinajstić information content (AvgIpc) is 2.98. The van der Waals surface area contributed by atoms with E-state index in [0.29, 0.717) is 0 Å². The van der Waals surface area contributed by atoms with E-state index in [2.05, 4.69) is 0 Å². The molecule has 1 aromatic heterocycles. The van der Waals surface area contributed by atoms with Gasteiger partial charge in [0.15, 0.2) is 0 Å². The molecule has 3 rings (SSSR count). The van der Waals surface area contributed by atoms with E-state index in [0.717, 1.165) is 11.4 Å². The van der Waals surface area contributed by atoms with Crippen LogP contribution in [-0.2, 0) is 0 Å². The predicted octanol–water partition coefficient (Wildman–Crippen LogP) is 2.66. The molecule has 3 aromatic rings. The summed E-state index contributed by atoms with van der Waals surface area (Å²) in [5.41, 5.74) is 1.88. The summed E-state index contributed by atoms with van der Waals surface area (Å²) in [6.07, 6.45) is 5.66. The third kappa shape index (κ3) is 2.29. The second-order valence-corrected chi connectivity index (χ2v) is 4.34. The van der Waals surface area contributed by atoms with Crippen molar-refractivity contribution >= 4 is 5.69 Å². The van der Waals surface area contributed by atoms with E-state index < -0.39 is 4.92 Å². The van der Waals surface area contributed by atoms with Gasteiger partial charge in [0, 0.05) is 6.07 Å². The Morgan fingerprint density at radius 2 is 1.85 bits per heavy atom. The summed E-state index contributed by atoms with van der Waals surface area (Å²) >= 11 is 0. The number of nitro benzene ring substituents is 1. The molecule has 98 valence electrons. The number of nitro groups is 1. The SMILES string of the molecule is O=[N+]([O-])c1cccc(-n2cc[n+](-c3ccccc3)c2)c1. The third-order valence-electron chi connectivity index (χ3n) is 3.03. The second-order valence-electron chi connectivity index (χ2n) is 4.34. The highest BCUT2D eigenvalue weighted by Gasteiger charge is 2.12. The van der Waals surface area contributed by atoms with Gasteiger partial charge in [0.1, 0.15) is 23.8 Å². The van der Waals surface area contributed by atoms with Crippen molar-refractivity contribution in [2.45, 2.75) is 0 Å². The largest absolute Gasteiger partial charge is 0.273 e. The van der Waals surface area contributed by atoms with Crippen molar-refractivity contribution in [1.82, 2.24) is 4.57 Å². The van der Waals surface area contributed by atoms with Gasteiger partial charge in [-0.15, -0.1) is 0 Å². The lowest BCUT2D eigenvalue weighted by Crippen LogP contribution is -2.27. The van der Waals surface area contributed by atoms with Crippen molar-refractivity contribution in [2.24, 2.45) is 0 Å². The molecule has 0 aliphatic heterocycles. The van der Waals surface area contributed by atoms with Crippen molar-refractivity contribution in [1.29, 1.82) is 0 Å². The fraction of sp³-hybridized carbons (Fsp3) is 0. The summed E-state index contributed by atoms with van der Waals surface area (Å²) < 4.78 is 3.80. The summed E-state index contributed by atoms with van der Waals surface area (Å²) in [4.78, 5) is 10.4. The second kappa shape index (κ2) is 4.97. The number of non-ortho nitro benzene ring substituents is 1. The molecule has 0 N–H and O–H groups in total. The van der Waals surface area contributed by atoms with Gasteiger partial charge in [-0.3, -0.25) is 10.1 Å². The maximum absolute atomic E-state index is 10.8. The zero-order valence-electron chi connectivity index (χ0n) is 10.6. The van der Waals surface area contributed by atoms with Gasteiger partial charge in [-0.05, 0) is 18.2 Å². The standard InChI is InChI=1S/C15H12N3O2/c19-18(20)15-8-4-7-14(11-15)17-10-9-16(12-17)13-5-2-1-3-6-13/h1-12H/q+1. The van der Waals surface area contributed by atoms with Gasteiger partial charge in [0.25, 0.3) is 12.0 Å². The average molecular weight is 266 g/mol. The molecule has 0 aliphatic carbocycles. The number of rotatable bonds is 3. The molecule has 5 heteroatoms. The van der Waals surface area contributed by atoms with Gasteiger partial charge in [-0.1, -0.05) is 24.3 Å². The molecule has 0 spiro atoms. The number of hydrogen-bond donors (Lipinski definition) is 0. The maximum Gasteiger partial charge on any atom is 0.273 e. The maximum atomic E-state index is 10.8. The molecular formula is C15H12N3O2+. The Morgan fingerprint density at radius 1 is 1.05 bits per heavy atom. The highest BCUT2D eigenvalue weighted by atomic mass is 16.6. The first-order valence-electron chi connectivity index (χ1n) is 6.13. The lowest BCUT2D eigenvalue weighted by molar-refractivity contribution is -0.594. The molecule has 0 atom stereocenters. The molecule has 0 saturated carbocycles. The van der Waals surface area contributed by atoms with Crippen LogP contribution < -0.4 is 4.57 Å². The minimum absolute atomic E-state index is 0.0856. The van der Waals surface area contributed by atoms with Crippen molar-refractivity contribution < 1.29 is 9.49 Å². The molecule has 0 amide bonds. The number of nitrogens with zero attached hydrogens (tertiary/aromatic N) is 3. The minimum atomic E-state index is -0.391. The molecular weight excluding hydrogens is 254 g/mol. The van der Waals surface area contributed by atoms with Crippen LogP contribution in [0, 0.1) is 10.1 Å². The van der Waals surface area contributed by atoms with Crippen LogP contribution in [0.15, 0.2) is 73.3 Å². The summed E-state index contributed by atoms with van der Waals surface area (Å²) in [5, 5.41) is 10.8. The number of aromatic nitrogens is 2. The summed E-state index contributed by atoms with van der Waals surface area (Å²) in [5.74, 6) is 0. The van der Waals surface area contributed by atoms with E-state index in [9.17, 15) is 10.1 Å². The Morgan fingerprint density at radius 3 is 2.60 bits per heavy atom. The van der Waals surface area contributed by atoms with Crippen LogP contribution in [0.2, 0.25) is 0 Å². The first-order valence-corrected chi connectivity index (χ1v) is 6.13.